The molecule has 0 spiro atoms. The first-order chi connectivity index (χ1) is 8.65. The lowest BCUT2D eigenvalue weighted by atomic mass is 9.98. The Hall–Kier alpha value is 0.0900. The number of hydrogen-bond donors (Lipinski definition) is 0. The van der Waals surface area contributed by atoms with E-state index in [0.29, 0.717) is 10.0 Å². The van der Waals surface area contributed by atoms with E-state index in [1.54, 1.807) is 0 Å². The molecule has 0 nitrogen and oxygen atoms in total. The number of alkyl halides is 1. The van der Waals surface area contributed by atoms with Crippen molar-refractivity contribution in [2.75, 3.05) is 0 Å². The van der Waals surface area contributed by atoms with Crippen LogP contribution in [0.5, 0.6) is 0 Å². The van der Waals surface area contributed by atoms with Crippen LogP contribution in [-0.4, -0.2) is 5.38 Å². The van der Waals surface area contributed by atoms with Crippen molar-refractivity contribution in [1.29, 1.82) is 0 Å². The summed E-state index contributed by atoms with van der Waals surface area (Å²) in [5.74, 6) is 0.917. The van der Waals surface area contributed by atoms with E-state index in [0.717, 1.165) is 18.8 Å². The molecule has 0 aliphatic heterocycles. The molecule has 1 fully saturated rings. The topological polar surface area (TPSA) is 0 Å². The van der Waals surface area contributed by atoms with Gasteiger partial charge in [0.25, 0.3) is 0 Å². The van der Waals surface area contributed by atoms with Crippen LogP contribution >= 0.6 is 34.8 Å². The maximum absolute atomic E-state index is 6.41. The molecule has 1 aromatic carbocycles. The summed E-state index contributed by atoms with van der Waals surface area (Å²) in [5.41, 5.74) is 1.18. The lowest BCUT2D eigenvalue weighted by molar-refractivity contribution is 0.476. The molecule has 1 atom stereocenters. The average Bonchev–Trinajstić information content (AvgIpc) is 2.84. The van der Waals surface area contributed by atoms with Gasteiger partial charge >= 0.3 is 0 Å². The largest absolute Gasteiger partial charge is 0.123 e. The van der Waals surface area contributed by atoms with E-state index in [2.05, 4.69) is 0 Å². The highest BCUT2D eigenvalue weighted by Gasteiger charge is 2.16. The lowest BCUT2D eigenvalue weighted by Crippen LogP contribution is -2.06. The van der Waals surface area contributed by atoms with Crippen LogP contribution in [0.3, 0.4) is 0 Å². The van der Waals surface area contributed by atoms with E-state index in [9.17, 15) is 0 Å². The molecule has 1 unspecified atom stereocenters. The molecule has 0 amide bonds. The van der Waals surface area contributed by atoms with Crippen LogP contribution < -0.4 is 0 Å². The molecular weight excluding hydrogens is 287 g/mol. The van der Waals surface area contributed by atoms with Crippen LogP contribution in [0.1, 0.15) is 44.1 Å². The predicted molar refractivity (Wildman–Crippen MR) is 81.0 cm³/mol. The van der Waals surface area contributed by atoms with E-state index in [1.165, 1.54) is 37.7 Å². The van der Waals surface area contributed by atoms with Crippen molar-refractivity contribution in [1.82, 2.24) is 0 Å². The summed E-state index contributed by atoms with van der Waals surface area (Å²) in [6, 6.07) is 5.79. The number of rotatable bonds is 5. The summed E-state index contributed by atoms with van der Waals surface area (Å²) in [4.78, 5) is 0. The van der Waals surface area contributed by atoms with Gasteiger partial charge in [0.05, 0.1) is 10.0 Å². The van der Waals surface area contributed by atoms with Crippen molar-refractivity contribution >= 4 is 34.8 Å². The minimum Gasteiger partial charge on any atom is -0.123 e. The summed E-state index contributed by atoms with van der Waals surface area (Å²) in [5, 5.41) is 1.44. The second kappa shape index (κ2) is 7.03. The number of benzene rings is 1. The minimum atomic E-state index is 0.211. The first-order valence-electron chi connectivity index (χ1n) is 6.73. The Kier molecular flexibility index (Phi) is 5.66. The van der Waals surface area contributed by atoms with E-state index >= 15 is 0 Å². The Bertz CT molecular complexity index is 383. The molecule has 0 aromatic heterocycles. The molecule has 100 valence electrons. The molecule has 1 aliphatic rings. The summed E-state index contributed by atoms with van der Waals surface area (Å²) in [6.45, 7) is 0. The second-order valence-corrected chi connectivity index (χ2v) is 6.71. The Morgan fingerprint density at radius 1 is 1.11 bits per heavy atom. The summed E-state index contributed by atoms with van der Waals surface area (Å²) in [7, 11) is 0. The average molecular weight is 306 g/mol. The molecule has 1 aromatic rings. The van der Waals surface area contributed by atoms with Gasteiger partial charge in [-0.3, -0.25) is 0 Å². The van der Waals surface area contributed by atoms with Crippen molar-refractivity contribution in [3.05, 3.63) is 33.8 Å². The Labute approximate surface area is 125 Å². The van der Waals surface area contributed by atoms with E-state index in [4.69, 9.17) is 34.8 Å². The SMILES string of the molecule is Clc1ccc(CC(Cl)CCC2CCCC2)cc1Cl. The third kappa shape index (κ3) is 4.33. The monoisotopic (exact) mass is 304 g/mol. The summed E-state index contributed by atoms with van der Waals surface area (Å²) >= 11 is 18.3. The molecule has 0 N–H and O–H groups in total. The highest BCUT2D eigenvalue weighted by Crippen LogP contribution is 2.30. The van der Waals surface area contributed by atoms with E-state index < -0.39 is 0 Å². The van der Waals surface area contributed by atoms with Gasteiger partial charge in [0.15, 0.2) is 0 Å². The molecule has 2 rings (SSSR count). The zero-order valence-corrected chi connectivity index (χ0v) is 12.7. The van der Waals surface area contributed by atoms with Gasteiger partial charge in [-0.15, -0.1) is 11.6 Å². The van der Waals surface area contributed by atoms with Crippen molar-refractivity contribution in [3.8, 4) is 0 Å². The molecule has 0 saturated heterocycles. The third-order valence-electron chi connectivity index (χ3n) is 3.80. The van der Waals surface area contributed by atoms with Gasteiger partial charge in [0.1, 0.15) is 0 Å². The second-order valence-electron chi connectivity index (χ2n) is 5.28. The standard InChI is InChI=1S/C15H19Cl3/c16-13(7-5-11-3-1-2-4-11)9-12-6-8-14(17)15(18)10-12/h6,8,10-11,13H,1-5,7,9H2. The van der Waals surface area contributed by atoms with Gasteiger partial charge in [-0.2, -0.15) is 0 Å². The van der Waals surface area contributed by atoms with E-state index in [1.807, 2.05) is 18.2 Å². The van der Waals surface area contributed by atoms with Crippen molar-refractivity contribution in [2.24, 2.45) is 5.92 Å². The van der Waals surface area contributed by atoms with Crippen LogP contribution in [0.25, 0.3) is 0 Å². The quantitative estimate of drug-likeness (QED) is 0.575. The summed E-state index contributed by atoms with van der Waals surface area (Å²) in [6.07, 6.45) is 8.87. The van der Waals surface area contributed by atoms with Crippen LogP contribution in [0, 0.1) is 5.92 Å². The Morgan fingerprint density at radius 3 is 2.50 bits per heavy atom. The van der Waals surface area contributed by atoms with Crippen molar-refractivity contribution in [2.45, 2.75) is 50.3 Å². The normalized spacial score (nSPS) is 18.2. The fraction of sp³-hybridized carbons (Fsp3) is 0.600. The Balaban J connectivity index is 1.78. The van der Waals surface area contributed by atoms with Crippen molar-refractivity contribution in [3.63, 3.8) is 0 Å². The van der Waals surface area contributed by atoms with Gasteiger partial charge in [0, 0.05) is 5.38 Å². The van der Waals surface area contributed by atoms with Gasteiger partial charge in [-0.1, -0.05) is 55.0 Å². The molecule has 1 aliphatic carbocycles. The zero-order valence-electron chi connectivity index (χ0n) is 10.5. The van der Waals surface area contributed by atoms with Crippen LogP contribution in [0.15, 0.2) is 18.2 Å². The molecule has 3 heteroatoms. The minimum absolute atomic E-state index is 0.211. The first-order valence-corrected chi connectivity index (χ1v) is 7.92. The molecule has 0 radical (unpaired) electrons. The maximum atomic E-state index is 6.41. The van der Waals surface area contributed by atoms with Crippen LogP contribution in [-0.2, 0) is 6.42 Å². The summed E-state index contributed by atoms with van der Waals surface area (Å²) < 4.78 is 0. The van der Waals surface area contributed by atoms with Gasteiger partial charge in [0.2, 0.25) is 0 Å². The zero-order chi connectivity index (χ0) is 13.0. The fourth-order valence-corrected chi connectivity index (χ4v) is 3.36. The fourth-order valence-electron chi connectivity index (χ4n) is 2.74. The molecule has 1 saturated carbocycles. The molecule has 18 heavy (non-hydrogen) atoms. The molecular formula is C15H19Cl3. The van der Waals surface area contributed by atoms with E-state index in [-0.39, 0.29) is 5.38 Å². The lowest BCUT2D eigenvalue weighted by Gasteiger charge is -2.13. The maximum Gasteiger partial charge on any atom is 0.0595 e. The highest BCUT2D eigenvalue weighted by molar-refractivity contribution is 6.42. The van der Waals surface area contributed by atoms with Gasteiger partial charge < -0.3 is 0 Å². The van der Waals surface area contributed by atoms with Gasteiger partial charge in [-0.05, 0) is 42.9 Å². The van der Waals surface area contributed by atoms with Crippen LogP contribution in [0.2, 0.25) is 10.0 Å². The molecule has 0 heterocycles. The van der Waals surface area contributed by atoms with Crippen LogP contribution in [0.4, 0.5) is 0 Å². The smallest absolute Gasteiger partial charge is 0.0595 e. The van der Waals surface area contributed by atoms with Crippen molar-refractivity contribution < 1.29 is 0 Å². The molecule has 0 bridgehead atoms. The number of halogens is 3. The third-order valence-corrected chi connectivity index (χ3v) is 4.92. The highest BCUT2D eigenvalue weighted by atomic mass is 35.5. The Morgan fingerprint density at radius 2 is 1.83 bits per heavy atom. The predicted octanol–water partition coefficient (Wildman–Crippen LogP) is 6.11. The first kappa shape index (κ1) is 14.5. The number of hydrogen-bond acceptors (Lipinski definition) is 0. The van der Waals surface area contributed by atoms with Gasteiger partial charge in [-0.25, -0.2) is 0 Å².